The van der Waals surface area contributed by atoms with Crippen molar-refractivity contribution in [1.29, 1.82) is 0 Å². The van der Waals surface area contributed by atoms with E-state index in [9.17, 15) is 0 Å². The number of hydrogen-bond acceptors (Lipinski definition) is 3. The minimum absolute atomic E-state index is 0.221. The summed E-state index contributed by atoms with van der Waals surface area (Å²) in [6.45, 7) is 2.25. The van der Waals surface area contributed by atoms with Crippen molar-refractivity contribution in [2.75, 3.05) is 5.32 Å². The third-order valence-corrected chi connectivity index (χ3v) is 12.9. The molecule has 7 aromatic carbocycles. The fourth-order valence-electron chi connectivity index (χ4n) is 8.39. The van der Waals surface area contributed by atoms with Gasteiger partial charge >= 0.3 is 0 Å². The number of benzene rings is 7. The normalized spacial score (nSPS) is 16.6. The molecule has 0 bridgehead atoms. The van der Waals surface area contributed by atoms with Crippen molar-refractivity contribution in [3.8, 4) is 27.9 Å². The number of aromatic nitrogens is 1. The summed E-state index contributed by atoms with van der Waals surface area (Å²) in [4.78, 5) is 5.33. The fraction of sp³-hybridized carbons (Fsp3) is 0.0784. The van der Waals surface area contributed by atoms with Gasteiger partial charge in [0.05, 0.1) is 37.7 Å². The van der Waals surface area contributed by atoms with Crippen molar-refractivity contribution in [2.45, 2.75) is 19.5 Å². The first-order valence-electron chi connectivity index (χ1n) is 19.6. The molecular formula is C51H42N4Si. The average Bonchev–Trinajstić information content (AvgIpc) is 3.58. The lowest BCUT2D eigenvalue weighted by Gasteiger charge is -2.32. The van der Waals surface area contributed by atoms with E-state index in [2.05, 4.69) is 210 Å². The first-order valence-corrected chi connectivity index (χ1v) is 21.0. The first-order chi connectivity index (χ1) is 27.6. The van der Waals surface area contributed by atoms with E-state index in [1.54, 1.807) is 0 Å². The van der Waals surface area contributed by atoms with Crippen LogP contribution in [0.4, 0.5) is 5.69 Å². The summed E-state index contributed by atoms with van der Waals surface area (Å²) in [5.41, 5.74) is 13.7. The van der Waals surface area contributed by atoms with Crippen LogP contribution in [0.25, 0.3) is 49.7 Å². The second kappa shape index (κ2) is 14.5. The molecule has 10 rings (SSSR count). The molecule has 1 aliphatic carbocycles. The Hall–Kier alpha value is -6.69. The van der Waals surface area contributed by atoms with Crippen LogP contribution in [-0.4, -0.2) is 26.0 Å². The van der Waals surface area contributed by atoms with Crippen LogP contribution in [0.15, 0.2) is 204 Å². The van der Waals surface area contributed by atoms with Crippen LogP contribution in [0.3, 0.4) is 0 Å². The van der Waals surface area contributed by atoms with Gasteiger partial charge in [-0.2, -0.15) is 0 Å². The maximum atomic E-state index is 5.33. The van der Waals surface area contributed by atoms with Crippen LogP contribution in [0.1, 0.15) is 18.9 Å². The number of nitrogens with one attached hydrogen (secondary N) is 2. The Balaban J connectivity index is 1.09. The van der Waals surface area contributed by atoms with Crippen LogP contribution in [-0.2, 0) is 0 Å². The van der Waals surface area contributed by atoms with E-state index in [4.69, 9.17) is 4.99 Å². The van der Waals surface area contributed by atoms with Gasteiger partial charge in [-0.1, -0.05) is 157 Å². The SMILES string of the molecule is CC1C=CC2=C(C1)N=C(c1ccccc1)C(Nc1ccc(-c3ccc4c(c3)c3ccccc3n4-c3ccccc3)cc1-c1cccc([SiH2]c3ccccc3)c1)N2. The molecule has 1 aromatic heterocycles. The Morgan fingerprint density at radius 3 is 2.12 bits per heavy atom. The van der Waals surface area contributed by atoms with Gasteiger partial charge in [0.25, 0.3) is 0 Å². The molecule has 8 aromatic rings. The second-order valence-corrected chi connectivity index (χ2v) is 17.0. The number of aliphatic imine (C=N–C) groups is 1. The molecule has 270 valence electrons. The molecular weight excluding hydrogens is 697 g/mol. The van der Waals surface area contributed by atoms with Crippen LogP contribution in [0, 0.1) is 5.92 Å². The van der Waals surface area contributed by atoms with E-state index in [0.29, 0.717) is 5.92 Å². The first kappa shape index (κ1) is 33.8. The molecule has 2 unspecified atom stereocenters. The number of hydrogen-bond donors (Lipinski definition) is 2. The second-order valence-electron chi connectivity index (χ2n) is 15.0. The minimum Gasteiger partial charge on any atom is -0.360 e. The molecule has 2 heterocycles. The van der Waals surface area contributed by atoms with E-state index >= 15 is 0 Å². The molecule has 0 saturated carbocycles. The minimum atomic E-state index is -0.650. The van der Waals surface area contributed by atoms with E-state index in [1.807, 2.05) is 0 Å². The maximum absolute atomic E-state index is 5.33. The predicted octanol–water partition coefficient (Wildman–Crippen LogP) is 9.88. The topological polar surface area (TPSA) is 41.4 Å². The number of rotatable bonds is 8. The van der Waals surface area contributed by atoms with Crippen LogP contribution in [0.5, 0.6) is 0 Å². The van der Waals surface area contributed by atoms with E-state index in [0.717, 1.165) is 34.8 Å². The summed E-state index contributed by atoms with van der Waals surface area (Å²) in [6.07, 6.45) is 5.19. The van der Waals surface area contributed by atoms with Crippen LogP contribution in [0.2, 0.25) is 0 Å². The Kier molecular flexibility index (Phi) is 8.77. The maximum Gasteiger partial charge on any atom is 0.141 e. The van der Waals surface area contributed by atoms with Gasteiger partial charge in [-0.3, -0.25) is 4.99 Å². The summed E-state index contributed by atoms with van der Waals surface area (Å²) < 4.78 is 2.38. The number of anilines is 1. The Morgan fingerprint density at radius 2 is 1.29 bits per heavy atom. The largest absolute Gasteiger partial charge is 0.360 e. The van der Waals surface area contributed by atoms with Gasteiger partial charge in [-0.25, -0.2) is 0 Å². The van der Waals surface area contributed by atoms with Crippen molar-refractivity contribution in [3.05, 3.63) is 205 Å². The van der Waals surface area contributed by atoms with Crippen molar-refractivity contribution < 1.29 is 0 Å². The molecule has 0 fully saturated rings. The van der Waals surface area contributed by atoms with Gasteiger partial charge in [0.15, 0.2) is 0 Å². The molecule has 1 aliphatic heterocycles. The van der Waals surface area contributed by atoms with Gasteiger partial charge in [0, 0.05) is 33.3 Å². The summed E-state index contributed by atoms with van der Waals surface area (Å²) in [5.74, 6) is 0.459. The van der Waals surface area contributed by atoms with Crippen molar-refractivity contribution >= 4 is 53.1 Å². The molecule has 2 N–H and O–H groups in total. The lowest BCUT2D eigenvalue weighted by Crippen LogP contribution is -2.46. The molecule has 2 atom stereocenters. The lowest BCUT2D eigenvalue weighted by molar-refractivity contribution is 0.652. The zero-order chi connectivity index (χ0) is 37.4. The predicted molar refractivity (Wildman–Crippen MR) is 239 cm³/mol. The summed E-state index contributed by atoms with van der Waals surface area (Å²) in [6, 6.07) is 63.9. The lowest BCUT2D eigenvalue weighted by atomic mass is 9.94. The smallest absolute Gasteiger partial charge is 0.141 e. The highest BCUT2D eigenvalue weighted by atomic mass is 28.2. The standard InChI is InChI=1S/C51H42N4Si/c1-34-24-27-46-47(30-34)52-50(35-14-5-2-6-15-35)51(54-46)53-45-28-25-36(32-43(45)38-16-13-21-41(31-38)56-40-19-9-4-10-20-40)37-26-29-49-44(33-37)42-22-11-12-23-48(42)55(49)39-17-7-3-8-18-39/h2-29,31-34,51,53-54H,30,56H2,1H3. The molecule has 0 amide bonds. The molecule has 0 radical (unpaired) electrons. The zero-order valence-electron chi connectivity index (χ0n) is 31.4. The van der Waals surface area contributed by atoms with E-state index in [-0.39, 0.29) is 6.17 Å². The quantitative estimate of drug-likeness (QED) is 0.153. The highest BCUT2D eigenvalue weighted by Gasteiger charge is 2.27. The third-order valence-electron chi connectivity index (χ3n) is 11.1. The Bertz CT molecular complexity index is 2820. The average molecular weight is 739 g/mol. The highest BCUT2D eigenvalue weighted by Crippen LogP contribution is 2.38. The number of para-hydroxylation sites is 2. The molecule has 2 aliphatic rings. The number of allylic oxidation sites excluding steroid dienone is 3. The van der Waals surface area contributed by atoms with E-state index in [1.165, 1.54) is 60.1 Å². The molecule has 56 heavy (non-hydrogen) atoms. The van der Waals surface area contributed by atoms with Gasteiger partial charge in [0.2, 0.25) is 0 Å². The molecule has 4 nitrogen and oxygen atoms in total. The van der Waals surface area contributed by atoms with Crippen molar-refractivity contribution in [3.63, 3.8) is 0 Å². The van der Waals surface area contributed by atoms with Gasteiger partial charge in [0.1, 0.15) is 6.17 Å². The molecule has 5 heteroatoms. The third kappa shape index (κ3) is 6.46. The Labute approximate surface area is 330 Å². The van der Waals surface area contributed by atoms with Crippen molar-refractivity contribution in [1.82, 2.24) is 9.88 Å². The van der Waals surface area contributed by atoms with Gasteiger partial charge < -0.3 is 15.2 Å². The fourth-order valence-corrected chi connectivity index (χ4v) is 9.94. The molecule has 0 saturated heterocycles. The van der Waals surface area contributed by atoms with Crippen LogP contribution < -0.4 is 21.0 Å². The van der Waals surface area contributed by atoms with Crippen molar-refractivity contribution in [2.24, 2.45) is 10.9 Å². The van der Waals surface area contributed by atoms with Gasteiger partial charge in [-0.05, 0) is 77.6 Å². The zero-order valence-corrected chi connectivity index (χ0v) is 32.8. The molecule has 0 spiro atoms. The monoisotopic (exact) mass is 738 g/mol. The summed E-state index contributed by atoms with van der Waals surface area (Å²) in [5, 5.41) is 13.2. The number of fused-ring (bicyclic) bond motifs is 3. The number of nitrogens with zero attached hydrogens (tertiary/aromatic N) is 2. The summed E-state index contributed by atoms with van der Waals surface area (Å²) in [7, 11) is -0.650. The van der Waals surface area contributed by atoms with E-state index < -0.39 is 9.52 Å². The highest BCUT2D eigenvalue weighted by molar-refractivity contribution is 6.67. The van der Waals surface area contributed by atoms with Crippen LogP contribution >= 0.6 is 0 Å². The summed E-state index contributed by atoms with van der Waals surface area (Å²) >= 11 is 0. The Morgan fingerprint density at radius 1 is 0.607 bits per heavy atom. The van der Waals surface area contributed by atoms with Gasteiger partial charge in [-0.15, -0.1) is 0 Å².